The van der Waals surface area contributed by atoms with Crippen molar-refractivity contribution in [1.29, 1.82) is 0 Å². The molecule has 23 nitrogen and oxygen atoms in total. The molecular weight excluding hydrogens is 1610 g/mol. The molecule has 0 spiro atoms. The molecule has 6 aliphatic heterocycles. The average molecular weight is 1710 g/mol. The molecule has 0 bridgehead atoms. The smallest absolute Gasteiger partial charge is 0.261 e. The number of imide groups is 6. The first kappa shape index (κ1) is 86.7. The van der Waals surface area contributed by atoms with Crippen LogP contribution in [0.5, 0.6) is 0 Å². The van der Waals surface area contributed by atoms with Gasteiger partial charge in [0.25, 0.3) is 70.9 Å². The monoisotopic (exact) mass is 1710 g/mol. The number of hydrogen-bond acceptors (Lipinski definition) is 18. The molecule has 18 rings (SSSR count). The molecule has 0 aromatic heterocycles. The summed E-state index contributed by atoms with van der Waals surface area (Å²) in [4.78, 5) is 173. The SMILES string of the molecule is CC(C)N(CCCOCCN1C(=O)c2cccc3cccc(c23)C1=O)CCN1C(=O)c2cccc3cccc(c23)C1=O.CC(C)N(CCCOCCN1C(=O)c2cccc3cccc(c23)C1=O)CCN1C(=O)c2cccc3cccc(c23)C1=O.CC(C)N(CCCSCCN1C(=O)c2cccc3cccc(c23)C1=O)CCN1C(=O)c2cccc3cccc(c23)C1=O. The van der Waals surface area contributed by atoms with E-state index in [1.54, 1.807) is 84.6 Å². The van der Waals surface area contributed by atoms with Crippen LogP contribution in [0.25, 0.3) is 64.6 Å². The maximum Gasteiger partial charge on any atom is 0.261 e. The van der Waals surface area contributed by atoms with E-state index in [2.05, 4.69) is 56.2 Å². The third kappa shape index (κ3) is 17.1. The molecule has 642 valence electrons. The molecule has 126 heavy (non-hydrogen) atoms. The molecule has 24 heteroatoms. The van der Waals surface area contributed by atoms with Gasteiger partial charge in [-0.2, -0.15) is 11.8 Å². The fourth-order valence-corrected chi connectivity index (χ4v) is 19.0. The Morgan fingerprint density at radius 2 is 0.405 bits per heavy atom. The first-order valence-electron chi connectivity index (χ1n) is 43.3. The standard InChI is InChI=1S/2C34H33N3O5.C34H33N3O4S/c3*1-22(2)35(17-18-36-31(38)25-12-3-8-23-9-4-13-26(29(23)25)32(36)39)16-7-20-42-21-19-37-33(40)27-14-5-10-24-11-6-15-28(30(24)27)34(37)41/h3*3-6,8-15,22H,7,16-21H2,1-2H3. The van der Waals surface area contributed by atoms with Crippen LogP contribution in [-0.4, -0.2) is 250 Å². The minimum Gasteiger partial charge on any atom is -0.380 e. The molecule has 0 N–H and O–H groups in total. The predicted octanol–water partition coefficient (Wildman–Crippen LogP) is 15.7. The Hall–Kier alpha value is -12.8. The first-order valence-corrected chi connectivity index (χ1v) is 44.5. The molecule has 0 radical (unpaired) electrons. The number of rotatable bonds is 33. The average Bonchev–Trinajstić information content (AvgIpc) is 0.783. The number of ether oxygens (including phenoxy) is 2. The summed E-state index contributed by atoms with van der Waals surface area (Å²) in [6.07, 6.45) is 2.37. The lowest BCUT2D eigenvalue weighted by molar-refractivity contribution is 0.0493. The summed E-state index contributed by atoms with van der Waals surface area (Å²) < 4.78 is 11.7. The summed E-state index contributed by atoms with van der Waals surface area (Å²) >= 11 is 1.72. The highest BCUT2D eigenvalue weighted by molar-refractivity contribution is 7.99. The molecule has 0 fully saturated rings. The first-order chi connectivity index (χ1) is 61.1. The molecule has 6 heterocycles. The number of thioether (sulfide) groups is 1. The van der Waals surface area contributed by atoms with Gasteiger partial charge >= 0.3 is 0 Å². The van der Waals surface area contributed by atoms with Crippen molar-refractivity contribution in [3.8, 4) is 0 Å². The van der Waals surface area contributed by atoms with E-state index in [0.29, 0.717) is 132 Å². The quantitative estimate of drug-likeness (QED) is 0.0274. The maximum absolute atomic E-state index is 13.3. The number of amides is 12. The number of benzene rings is 12. The predicted molar refractivity (Wildman–Crippen MR) is 489 cm³/mol. The largest absolute Gasteiger partial charge is 0.380 e. The fraction of sp³-hybridized carbons (Fsp3) is 0.294. The van der Waals surface area contributed by atoms with Gasteiger partial charge in [0.2, 0.25) is 0 Å². The summed E-state index contributed by atoms with van der Waals surface area (Å²) in [7, 11) is 0. The molecule has 0 saturated carbocycles. The number of nitrogens with zero attached hydrogens (tertiary/aromatic N) is 9. The Morgan fingerprint density at radius 3 is 0.603 bits per heavy atom. The Kier molecular flexibility index (Phi) is 26.1. The van der Waals surface area contributed by atoms with Crippen LogP contribution in [0.2, 0.25) is 0 Å². The van der Waals surface area contributed by atoms with Crippen LogP contribution in [0, 0.1) is 0 Å². The molecule has 6 aliphatic rings. The lowest BCUT2D eigenvalue weighted by Crippen LogP contribution is -2.46. The topological polar surface area (TPSA) is 252 Å². The molecule has 0 saturated heterocycles. The van der Waals surface area contributed by atoms with Crippen LogP contribution in [0.1, 0.15) is 185 Å². The second-order valence-corrected chi connectivity index (χ2v) is 34.3. The fourth-order valence-electron chi connectivity index (χ4n) is 18.2. The van der Waals surface area contributed by atoms with Crippen molar-refractivity contribution in [3.05, 3.63) is 285 Å². The van der Waals surface area contributed by atoms with Crippen molar-refractivity contribution in [2.75, 3.05) is 116 Å². The highest BCUT2D eigenvalue weighted by Gasteiger charge is 2.40. The van der Waals surface area contributed by atoms with Gasteiger partial charge in [-0.3, -0.25) is 102 Å². The van der Waals surface area contributed by atoms with Gasteiger partial charge in [-0.05, 0) is 178 Å². The van der Waals surface area contributed by atoms with E-state index in [1.807, 2.05) is 146 Å². The van der Waals surface area contributed by atoms with Crippen molar-refractivity contribution >= 4 is 147 Å². The zero-order valence-electron chi connectivity index (χ0n) is 71.5. The lowest BCUT2D eigenvalue weighted by Gasteiger charge is -2.31. The minimum atomic E-state index is -0.292. The number of hydrogen-bond donors (Lipinski definition) is 0. The maximum atomic E-state index is 13.3. The van der Waals surface area contributed by atoms with E-state index in [-0.39, 0.29) is 115 Å². The van der Waals surface area contributed by atoms with Crippen molar-refractivity contribution in [2.24, 2.45) is 0 Å². The molecule has 0 aliphatic carbocycles. The van der Waals surface area contributed by atoms with Crippen LogP contribution >= 0.6 is 11.8 Å². The molecule has 12 amide bonds. The van der Waals surface area contributed by atoms with Gasteiger partial charge in [0, 0.05) is 195 Å². The van der Waals surface area contributed by atoms with E-state index in [0.717, 1.165) is 109 Å². The third-order valence-electron chi connectivity index (χ3n) is 24.7. The van der Waals surface area contributed by atoms with Gasteiger partial charge in [-0.15, -0.1) is 0 Å². The van der Waals surface area contributed by atoms with Crippen molar-refractivity contribution < 1.29 is 67.0 Å². The van der Waals surface area contributed by atoms with E-state index >= 15 is 0 Å². The summed E-state index contributed by atoms with van der Waals surface area (Å²) in [6.45, 7) is 19.6. The summed E-state index contributed by atoms with van der Waals surface area (Å²) in [5.74, 6) is -1.55. The second kappa shape index (κ2) is 37.9. The lowest BCUT2D eigenvalue weighted by atomic mass is 9.94. The number of carbonyl (C=O) groups is 12. The Balaban J connectivity index is 0.000000139. The van der Waals surface area contributed by atoms with Gasteiger partial charge in [0.05, 0.1) is 26.3 Å². The highest BCUT2D eigenvalue weighted by atomic mass is 32.2. The van der Waals surface area contributed by atoms with E-state index < -0.39 is 0 Å². The summed E-state index contributed by atoms with van der Waals surface area (Å²) in [5.41, 5.74) is 6.79. The summed E-state index contributed by atoms with van der Waals surface area (Å²) in [5, 5.41) is 9.78. The minimum absolute atomic E-state index is 0.184. The molecule has 0 atom stereocenters. The van der Waals surface area contributed by atoms with Crippen LogP contribution < -0.4 is 0 Å². The van der Waals surface area contributed by atoms with Crippen LogP contribution in [0.4, 0.5) is 0 Å². The van der Waals surface area contributed by atoms with Crippen LogP contribution in [0.15, 0.2) is 218 Å². The summed E-state index contributed by atoms with van der Waals surface area (Å²) in [6, 6.07) is 67.3. The van der Waals surface area contributed by atoms with Gasteiger partial charge in [-0.25, -0.2) is 0 Å². The highest BCUT2D eigenvalue weighted by Crippen LogP contribution is 2.37. The Bertz CT molecular complexity index is 5490. The van der Waals surface area contributed by atoms with Gasteiger partial charge in [0.15, 0.2) is 0 Å². The van der Waals surface area contributed by atoms with E-state index in [9.17, 15) is 57.5 Å². The zero-order valence-corrected chi connectivity index (χ0v) is 72.3. The molecule has 12 aromatic rings. The van der Waals surface area contributed by atoms with Crippen molar-refractivity contribution in [1.82, 2.24) is 44.1 Å². The van der Waals surface area contributed by atoms with E-state index in [1.165, 1.54) is 29.4 Å². The molecule has 12 aromatic carbocycles. The molecular formula is C102H99N9O14S. The van der Waals surface area contributed by atoms with E-state index in [4.69, 9.17) is 9.47 Å². The van der Waals surface area contributed by atoms with Gasteiger partial charge in [-0.1, -0.05) is 146 Å². The van der Waals surface area contributed by atoms with Crippen LogP contribution in [0.3, 0.4) is 0 Å². The van der Waals surface area contributed by atoms with Gasteiger partial charge in [0.1, 0.15) is 0 Å². The van der Waals surface area contributed by atoms with Gasteiger partial charge < -0.3 is 9.47 Å². The number of carbonyl (C=O) groups excluding carboxylic acids is 12. The Morgan fingerprint density at radius 1 is 0.222 bits per heavy atom. The van der Waals surface area contributed by atoms with Crippen molar-refractivity contribution in [2.45, 2.75) is 78.9 Å². The second-order valence-electron chi connectivity index (χ2n) is 33.1. The zero-order chi connectivity index (χ0) is 88.1. The van der Waals surface area contributed by atoms with Crippen LogP contribution in [-0.2, 0) is 9.47 Å². The molecule has 0 unspecified atom stereocenters. The van der Waals surface area contributed by atoms with Crippen molar-refractivity contribution in [3.63, 3.8) is 0 Å². The third-order valence-corrected chi connectivity index (χ3v) is 25.8. The normalized spacial score (nSPS) is 14.8. The Labute approximate surface area is 734 Å².